The molecular formula is C17H16N4O3. The summed E-state index contributed by atoms with van der Waals surface area (Å²) >= 11 is 0. The number of amides is 2. The minimum Gasteiger partial charge on any atom is -0.459 e. The van der Waals surface area contributed by atoms with E-state index in [1.807, 2.05) is 25.1 Å². The van der Waals surface area contributed by atoms with Crippen LogP contribution in [0.5, 0.6) is 0 Å². The van der Waals surface area contributed by atoms with Gasteiger partial charge in [-0.15, -0.1) is 0 Å². The first-order valence-corrected chi connectivity index (χ1v) is 7.30. The molecule has 0 aliphatic heterocycles. The molecule has 2 amide bonds. The van der Waals surface area contributed by atoms with Crippen molar-refractivity contribution in [1.29, 1.82) is 0 Å². The average Bonchev–Trinajstić information content (AvgIpc) is 3.18. The van der Waals surface area contributed by atoms with Gasteiger partial charge in [0, 0.05) is 18.8 Å². The summed E-state index contributed by atoms with van der Waals surface area (Å²) in [6, 6.07) is 12.1. The fraction of sp³-hybridized carbons (Fsp3) is 0.118. The average molecular weight is 324 g/mol. The summed E-state index contributed by atoms with van der Waals surface area (Å²) in [4.78, 5) is 24.3. The molecule has 3 rings (SSSR count). The molecule has 2 N–H and O–H groups in total. The first-order valence-electron chi connectivity index (χ1n) is 7.30. The van der Waals surface area contributed by atoms with E-state index in [1.54, 1.807) is 25.2 Å². The van der Waals surface area contributed by atoms with Gasteiger partial charge in [0.25, 0.3) is 11.8 Å². The number of carbonyl (C=O) groups excluding carboxylic acids is 2. The number of nitrogens with one attached hydrogen (secondary N) is 2. The number of hydrogen-bond acceptors (Lipinski definition) is 4. The van der Waals surface area contributed by atoms with Crippen LogP contribution in [0.3, 0.4) is 0 Å². The molecule has 1 aromatic carbocycles. The van der Waals surface area contributed by atoms with Crippen molar-refractivity contribution in [3.05, 3.63) is 65.7 Å². The van der Waals surface area contributed by atoms with Crippen LogP contribution in [0, 0.1) is 6.92 Å². The van der Waals surface area contributed by atoms with E-state index >= 15 is 0 Å². The Bertz CT molecular complexity index is 881. The van der Waals surface area contributed by atoms with Crippen molar-refractivity contribution in [2.24, 2.45) is 7.05 Å². The first-order chi connectivity index (χ1) is 11.5. The van der Waals surface area contributed by atoms with Crippen molar-refractivity contribution in [2.45, 2.75) is 6.92 Å². The molecule has 24 heavy (non-hydrogen) atoms. The smallest absolute Gasteiger partial charge is 0.292 e. The Morgan fingerprint density at radius 3 is 2.62 bits per heavy atom. The summed E-state index contributed by atoms with van der Waals surface area (Å²) < 4.78 is 6.45. The molecule has 7 nitrogen and oxygen atoms in total. The van der Waals surface area contributed by atoms with Crippen molar-refractivity contribution < 1.29 is 14.0 Å². The van der Waals surface area contributed by atoms with Gasteiger partial charge in [-0.3, -0.25) is 14.3 Å². The Hall–Kier alpha value is -3.35. The maximum atomic E-state index is 12.3. The predicted octanol–water partition coefficient (Wildman–Crippen LogP) is 2.83. The lowest BCUT2D eigenvalue weighted by Crippen LogP contribution is -2.13. The van der Waals surface area contributed by atoms with E-state index in [0.717, 1.165) is 5.56 Å². The topological polar surface area (TPSA) is 89.2 Å². The molecule has 0 saturated carbocycles. The first kappa shape index (κ1) is 15.5. The van der Waals surface area contributed by atoms with Gasteiger partial charge in [0.15, 0.2) is 11.5 Å². The van der Waals surface area contributed by atoms with E-state index in [9.17, 15) is 9.59 Å². The van der Waals surface area contributed by atoms with Crippen LogP contribution in [0.15, 0.2) is 53.1 Å². The lowest BCUT2D eigenvalue weighted by Gasteiger charge is -2.03. The van der Waals surface area contributed by atoms with Gasteiger partial charge < -0.3 is 15.1 Å². The quantitative estimate of drug-likeness (QED) is 0.772. The monoisotopic (exact) mass is 324 g/mol. The van der Waals surface area contributed by atoms with E-state index in [1.165, 1.54) is 17.0 Å². The van der Waals surface area contributed by atoms with Crippen molar-refractivity contribution in [3.63, 3.8) is 0 Å². The van der Waals surface area contributed by atoms with Crippen molar-refractivity contribution in [1.82, 2.24) is 9.78 Å². The van der Waals surface area contributed by atoms with E-state index in [2.05, 4.69) is 15.7 Å². The molecule has 2 heterocycles. The summed E-state index contributed by atoms with van der Waals surface area (Å²) in [7, 11) is 1.64. The third-order valence-electron chi connectivity index (χ3n) is 3.37. The van der Waals surface area contributed by atoms with Crippen LogP contribution in [-0.4, -0.2) is 21.6 Å². The van der Waals surface area contributed by atoms with E-state index < -0.39 is 5.91 Å². The second-order valence-corrected chi connectivity index (χ2v) is 5.29. The molecule has 2 aromatic heterocycles. The number of benzene rings is 1. The maximum Gasteiger partial charge on any atom is 0.292 e. The molecule has 7 heteroatoms. The van der Waals surface area contributed by atoms with Crippen LogP contribution in [0.1, 0.15) is 26.6 Å². The summed E-state index contributed by atoms with van der Waals surface area (Å²) in [5.41, 5.74) is 1.93. The summed E-state index contributed by atoms with van der Waals surface area (Å²) in [6.07, 6.45) is 1.42. The summed E-state index contributed by atoms with van der Waals surface area (Å²) in [5, 5.41) is 9.55. The molecule has 122 valence electrons. The minimum absolute atomic E-state index is 0.182. The maximum absolute atomic E-state index is 12.3. The van der Waals surface area contributed by atoms with Gasteiger partial charge in [-0.2, -0.15) is 5.10 Å². The van der Waals surface area contributed by atoms with Gasteiger partial charge in [0.1, 0.15) is 5.82 Å². The van der Waals surface area contributed by atoms with Crippen LogP contribution in [0.2, 0.25) is 0 Å². The predicted molar refractivity (Wildman–Crippen MR) is 89.0 cm³/mol. The Morgan fingerprint density at radius 2 is 1.92 bits per heavy atom. The number of anilines is 2. The summed E-state index contributed by atoms with van der Waals surface area (Å²) in [5.74, 6) is -0.184. The van der Waals surface area contributed by atoms with Crippen LogP contribution in [0.25, 0.3) is 0 Å². The molecule has 0 spiro atoms. The fourth-order valence-corrected chi connectivity index (χ4v) is 2.20. The highest BCUT2D eigenvalue weighted by atomic mass is 16.3. The zero-order valence-electron chi connectivity index (χ0n) is 13.2. The van der Waals surface area contributed by atoms with E-state index in [4.69, 9.17) is 4.42 Å². The van der Waals surface area contributed by atoms with E-state index in [-0.39, 0.29) is 17.4 Å². The highest BCUT2D eigenvalue weighted by Crippen LogP contribution is 2.15. The Labute approximate surface area is 138 Å². The van der Waals surface area contributed by atoms with Gasteiger partial charge in [0.2, 0.25) is 0 Å². The zero-order chi connectivity index (χ0) is 17.1. The normalized spacial score (nSPS) is 10.4. The van der Waals surface area contributed by atoms with Crippen LogP contribution < -0.4 is 10.6 Å². The molecule has 0 bridgehead atoms. The van der Waals surface area contributed by atoms with Crippen molar-refractivity contribution in [3.8, 4) is 0 Å². The van der Waals surface area contributed by atoms with Gasteiger partial charge in [0.05, 0.1) is 6.26 Å². The molecule has 0 unspecified atom stereocenters. The number of carbonyl (C=O) groups is 2. The molecule has 0 aliphatic rings. The van der Waals surface area contributed by atoms with Gasteiger partial charge in [-0.25, -0.2) is 0 Å². The molecule has 0 radical (unpaired) electrons. The Kier molecular flexibility index (Phi) is 4.15. The molecule has 0 saturated heterocycles. The standard InChI is InChI=1S/C17H16N4O3/c1-11-5-3-6-12(9-11)18-16(22)13-10-15(21(2)20-13)19-17(23)14-7-4-8-24-14/h3-10H,1-2H3,(H,18,22)(H,19,23). The lowest BCUT2D eigenvalue weighted by molar-refractivity contribution is 0.0993. The molecule has 0 atom stereocenters. The third-order valence-corrected chi connectivity index (χ3v) is 3.37. The Balaban J connectivity index is 1.73. The van der Waals surface area contributed by atoms with E-state index in [0.29, 0.717) is 11.5 Å². The SMILES string of the molecule is Cc1cccc(NC(=O)c2cc(NC(=O)c3ccco3)n(C)n2)c1. The highest BCUT2D eigenvalue weighted by Gasteiger charge is 2.16. The van der Waals surface area contributed by atoms with Gasteiger partial charge in [-0.1, -0.05) is 12.1 Å². The molecular weight excluding hydrogens is 308 g/mol. The van der Waals surface area contributed by atoms with Crippen molar-refractivity contribution >= 4 is 23.3 Å². The summed E-state index contributed by atoms with van der Waals surface area (Å²) in [6.45, 7) is 1.94. The van der Waals surface area contributed by atoms with Gasteiger partial charge >= 0.3 is 0 Å². The number of hydrogen-bond donors (Lipinski definition) is 2. The number of aromatic nitrogens is 2. The fourth-order valence-electron chi connectivity index (χ4n) is 2.20. The van der Waals surface area contributed by atoms with Crippen LogP contribution in [-0.2, 0) is 7.05 Å². The number of aryl methyl sites for hydroxylation is 2. The molecule has 3 aromatic rings. The van der Waals surface area contributed by atoms with Crippen LogP contribution >= 0.6 is 0 Å². The highest BCUT2D eigenvalue weighted by molar-refractivity contribution is 6.05. The second kappa shape index (κ2) is 6.41. The molecule has 0 fully saturated rings. The Morgan fingerprint density at radius 1 is 1.08 bits per heavy atom. The molecule has 0 aliphatic carbocycles. The lowest BCUT2D eigenvalue weighted by atomic mass is 10.2. The third kappa shape index (κ3) is 3.35. The number of nitrogens with zero attached hydrogens (tertiary/aromatic N) is 2. The minimum atomic E-state index is -0.409. The van der Waals surface area contributed by atoms with Crippen LogP contribution in [0.4, 0.5) is 11.5 Å². The number of furan rings is 1. The van der Waals surface area contributed by atoms with Crippen molar-refractivity contribution in [2.75, 3.05) is 10.6 Å². The largest absolute Gasteiger partial charge is 0.459 e. The zero-order valence-corrected chi connectivity index (χ0v) is 13.2. The second-order valence-electron chi connectivity index (χ2n) is 5.29. The number of rotatable bonds is 4. The van der Waals surface area contributed by atoms with Gasteiger partial charge in [-0.05, 0) is 36.8 Å².